The van der Waals surface area contributed by atoms with E-state index in [9.17, 15) is 9.18 Å². The van der Waals surface area contributed by atoms with Crippen molar-refractivity contribution in [1.82, 2.24) is 14.9 Å². The third kappa shape index (κ3) is 4.47. The number of carbonyl (C=O) groups is 1. The number of hydrogen-bond acceptors (Lipinski definition) is 5. The molecule has 6 nitrogen and oxygen atoms in total. The minimum absolute atomic E-state index is 0.110. The first-order chi connectivity index (χ1) is 12.5. The molecule has 0 bridgehead atoms. The zero-order valence-electron chi connectivity index (χ0n) is 15.2. The van der Waals surface area contributed by atoms with Gasteiger partial charge in [0, 0.05) is 45.7 Å². The Kier molecular flexibility index (Phi) is 5.65. The molecule has 138 valence electrons. The van der Waals surface area contributed by atoms with E-state index in [1.807, 2.05) is 24.0 Å². The van der Waals surface area contributed by atoms with E-state index in [-0.39, 0.29) is 11.7 Å². The molecule has 0 unspecified atom stereocenters. The minimum Gasteiger partial charge on any atom is -0.370 e. The lowest BCUT2D eigenvalue weighted by Crippen LogP contribution is -2.48. The van der Waals surface area contributed by atoms with Crippen LogP contribution in [0.5, 0.6) is 0 Å². The van der Waals surface area contributed by atoms with Crippen molar-refractivity contribution in [2.45, 2.75) is 20.3 Å². The Morgan fingerprint density at radius 1 is 1.19 bits per heavy atom. The van der Waals surface area contributed by atoms with Crippen LogP contribution in [-0.2, 0) is 11.2 Å². The van der Waals surface area contributed by atoms with Gasteiger partial charge in [0.05, 0.1) is 0 Å². The van der Waals surface area contributed by atoms with Crippen LogP contribution >= 0.6 is 0 Å². The van der Waals surface area contributed by atoms with Gasteiger partial charge >= 0.3 is 0 Å². The number of benzene rings is 1. The molecule has 1 fully saturated rings. The van der Waals surface area contributed by atoms with Crippen LogP contribution in [0.1, 0.15) is 18.3 Å². The van der Waals surface area contributed by atoms with Crippen molar-refractivity contribution in [1.29, 1.82) is 0 Å². The molecule has 0 atom stereocenters. The first-order valence-electron chi connectivity index (χ1n) is 8.86. The van der Waals surface area contributed by atoms with Crippen molar-refractivity contribution in [3.63, 3.8) is 0 Å². The highest BCUT2D eigenvalue weighted by Gasteiger charge is 2.20. The molecule has 26 heavy (non-hydrogen) atoms. The number of nitrogens with zero attached hydrogens (tertiary/aromatic N) is 4. The maximum atomic E-state index is 13.7. The SMILES string of the molecule is CC(=O)N1CCN(c2cc(NCCc3ccccc3F)nc(C)n2)CC1. The van der Waals surface area contributed by atoms with E-state index in [4.69, 9.17) is 0 Å². The smallest absolute Gasteiger partial charge is 0.219 e. The lowest BCUT2D eigenvalue weighted by Gasteiger charge is -2.35. The van der Waals surface area contributed by atoms with Crippen molar-refractivity contribution in [3.05, 3.63) is 47.5 Å². The number of aromatic nitrogens is 2. The summed E-state index contributed by atoms with van der Waals surface area (Å²) in [5.74, 6) is 2.20. The molecule has 1 amide bonds. The van der Waals surface area contributed by atoms with Crippen LogP contribution in [0.2, 0.25) is 0 Å². The largest absolute Gasteiger partial charge is 0.370 e. The predicted molar refractivity (Wildman–Crippen MR) is 99.8 cm³/mol. The maximum Gasteiger partial charge on any atom is 0.219 e. The summed E-state index contributed by atoms with van der Waals surface area (Å²) in [7, 11) is 0. The molecule has 1 aliphatic rings. The molecule has 1 aromatic heterocycles. The van der Waals surface area contributed by atoms with Crippen molar-refractivity contribution < 1.29 is 9.18 Å². The number of anilines is 2. The second-order valence-electron chi connectivity index (χ2n) is 6.42. The first kappa shape index (κ1) is 18.1. The predicted octanol–water partition coefficient (Wildman–Crippen LogP) is 2.25. The van der Waals surface area contributed by atoms with Gasteiger partial charge in [-0.1, -0.05) is 18.2 Å². The number of piperazine rings is 1. The van der Waals surface area contributed by atoms with Crippen molar-refractivity contribution >= 4 is 17.5 Å². The third-order valence-electron chi connectivity index (χ3n) is 4.53. The molecule has 1 N–H and O–H groups in total. The quantitative estimate of drug-likeness (QED) is 0.889. The van der Waals surface area contributed by atoms with Gasteiger partial charge in [0.15, 0.2) is 0 Å². The van der Waals surface area contributed by atoms with E-state index < -0.39 is 0 Å². The zero-order chi connectivity index (χ0) is 18.5. The van der Waals surface area contributed by atoms with Crippen LogP contribution in [0.4, 0.5) is 16.0 Å². The molecule has 3 rings (SSSR count). The van der Waals surface area contributed by atoms with Gasteiger partial charge in [-0.2, -0.15) is 0 Å². The molecule has 0 aliphatic carbocycles. The van der Waals surface area contributed by atoms with Gasteiger partial charge in [0.1, 0.15) is 23.3 Å². The van der Waals surface area contributed by atoms with Crippen LogP contribution in [0.15, 0.2) is 30.3 Å². The third-order valence-corrected chi connectivity index (χ3v) is 4.53. The van der Waals surface area contributed by atoms with Gasteiger partial charge < -0.3 is 15.1 Å². The molecule has 0 saturated carbocycles. The Labute approximate surface area is 153 Å². The molecule has 1 aliphatic heterocycles. The zero-order valence-corrected chi connectivity index (χ0v) is 15.2. The number of nitrogens with one attached hydrogen (secondary N) is 1. The van der Waals surface area contributed by atoms with Gasteiger partial charge in [-0.25, -0.2) is 14.4 Å². The fraction of sp³-hybridized carbons (Fsp3) is 0.421. The summed E-state index contributed by atoms with van der Waals surface area (Å²) >= 11 is 0. The summed E-state index contributed by atoms with van der Waals surface area (Å²) in [5, 5.41) is 3.26. The summed E-state index contributed by atoms with van der Waals surface area (Å²) in [4.78, 5) is 24.4. The number of aryl methyl sites for hydroxylation is 1. The number of carbonyl (C=O) groups excluding carboxylic acids is 1. The molecule has 0 spiro atoms. The standard InChI is InChI=1S/C19H24FN5O/c1-14-22-18(21-8-7-16-5-3-4-6-17(16)20)13-19(23-14)25-11-9-24(10-12-25)15(2)26/h3-6,13H,7-12H2,1-2H3,(H,21,22,23). The Morgan fingerprint density at radius 3 is 2.62 bits per heavy atom. The Bertz CT molecular complexity index is 774. The molecule has 2 aromatic rings. The summed E-state index contributed by atoms with van der Waals surface area (Å²) in [6.07, 6.45) is 0.586. The van der Waals surface area contributed by atoms with Gasteiger partial charge in [-0.3, -0.25) is 4.79 Å². The maximum absolute atomic E-state index is 13.7. The van der Waals surface area contributed by atoms with E-state index in [0.29, 0.717) is 37.4 Å². The normalized spacial score (nSPS) is 14.4. The average Bonchev–Trinajstić information content (AvgIpc) is 2.63. The van der Waals surface area contributed by atoms with Crippen molar-refractivity contribution in [2.24, 2.45) is 0 Å². The average molecular weight is 357 g/mol. The fourth-order valence-electron chi connectivity index (χ4n) is 3.08. The minimum atomic E-state index is -0.183. The number of halogens is 1. The topological polar surface area (TPSA) is 61.4 Å². The van der Waals surface area contributed by atoms with Crippen LogP contribution in [0, 0.1) is 12.7 Å². The molecule has 2 heterocycles. The number of rotatable bonds is 5. The number of amides is 1. The van der Waals surface area contributed by atoms with Crippen molar-refractivity contribution in [2.75, 3.05) is 42.9 Å². The van der Waals surface area contributed by atoms with E-state index in [2.05, 4.69) is 20.2 Å². The van der Waals surface area contributed by atoms with E-state index >= 15 is 0 Å². The highest BCUT2D eigenvalue weighted by atomic mass is 19.1. The van der Waals surface area contributed by atoms with E-state index in [1.54, 1.807) is 19.1 Å². The van der Waals surface area contributed by atoms with Gasteiger partial charge in [0.2, 0.25) is 5.91 Å². The second kappa shape index (κ2) is 8.12. The summed E-state index contributed by atoms with van der Waals surface area (Å²) in [5.41, 5.74) is 0.686. The monoisotopic (exact) mass is 357 g/mol. The van der Waals surface area contributed by atoms with Crippen LogP contribution in [0.25, 0.3) is 0 Å². The second-order valence-corrected chi connectivity index (χ2v) is 6.42. The molecular weight excluding hydrogens is 333 g/mol. The molecule has 0 radical (unpaired) electrons. The summed E-state index contributed by atoms with van der Waals surface area (Å²) in [6.45, 7) is 6.96. The first-order valence-corrected chi connectivity index (χ1v) is 8.86. The van der Waals surface area contributed by atoms with Gasteiger partial charge in [0.25, 0.3) is 0 Å². The Hall–Kier alpha value is -2.70. The molecule has 7 heteroatoms. The highest BCUT2D eigenvalue weighted by molar-refractivity contribution is 5.73. The molecular formula is C19H24FN5O. The van der Waals surface area contributed by atoms with Crippen LogP contribution in [-0.4, -0.2) is 53.5 Å². The van der Waals surface area contributed by atoms with Crippen LogP contribution < -0.4 is 10.2 Å². The lowest BCUT2D eigenvalue weighted by molar-refractivity contribution is -0.129. The fourth-order valence-corrected chi connectivity index (χ4v) is 3.08. The van der Waals surface area contributed by atoms with Gasteiger partial charge in [-0.15, -0.1) is 0 Å². The Morgan fingerprint density at radius 2 is 1.92 bits per heavy atom. The summed E-state index contributed by atoms with van der Waals surface area (Å²) in [6, 6.07) is 8.72. The Balaban J connectivity index is 1.61. The van der Waals surface area contributed by atoms with E-state index in [1.165, 1.54) is 6.07 Å². The molecule has 1 saturated heterocycles. The van der Waals surface area contributed by atoms with E-state index in [0.717, 1.165) is 24.7 Å². The highest BCUT2D eigenvalue weighted by Crippen LogP contribution is 2.18. The molecule has 1 aromatic carbocycles. The van der Waals surface area contributed by atoms with Gasteiger partial charge in [-0.05, 0) is 25.0 Å². The number of hydrogen-bond donors (Lipinski definition) is 1. The van der Waals surface area contributed by atoms with Crippen LogP contribution in [0.3, 0.4) is 0 Å². The van der Waals surface area contributed by atoms with Crippen molar-refractivity contribution in [3.8, 4) is 0 Å². The lowest BCUT2D eigenvalue weighted by atomic mass is 10.1. The summed E-state index contributed by atoms with van der Waals surface area (Å²) < 4.78 is 13.7.